The van der Waals surface area contributed by atoms with Crippen LogP contribution in [-0.2, 0) is 4.79 Å². The molecule has 1 rings (SSSR count). The maximum atomic E-state index is 10.3. The predicted molar refractivity (Wildman–Crippen MR) is 48.3 cm³/mol. The van der Waals surface area contributed by atoms with E-state index < -0.39 is 5.97 Å². The van der Waals surface area contributed by atoms with Crippen LogP contribution in [0.1, 0.15) is 18.5 Å². The minimum absolute atomic E-state index is 0.0183. The van der Waals surface area contributed by atoms with E-state index in [0.717, 1.165) is 5.56 Å². The lowest BCUT2D eigenvalue weighted by atomic mass is 10.1. The normalized spacial score (nSPS) is 12.4. The molecule has 0 saturated carbocycles. The maximum absolute atomic E-state index is 10.3. The highest BCUT2D eigenvalue weighted by atomic mass is 16.4. The molecule has 0 bridgehead atoms. The van der Waals surface area contributed by atoms with Crippen molar-refractivity contribution in [3.63, 3.8) is 0 Å². The molecular formula is C9H12N2O2. The molecule has 0 saturated heterocycles. The van der Waals surface area contributed by atoms with Crippen LogP contribution in [0, 0.1) is 0 Å². The molecule has 2 N–H and O–H groups in total. The van der Waals surface area contributed by atoms with Crippen molar-refractivity contribution in [1.29, 1.82) is 0 Å². The van der Waals surface area contributed by atoms with E-state index in [2.05, 4.69) is 10.3 Å². The van der Waals surface area contributed by atoms with E-state index in [9.17, 15) is 4.79 Å². The van der Waals surface area contributed by atoms with E-state index in [1.807, 2.05) is 19.1 Å². The molecule has 1 atom stereocenters. The average molecular weight is 180 g/mol. The van der Waals surface area contributed by atoms with Gasteiger partial charge in [0.05, 0.1) is 6.54 Å². The summed E-state index contributed by atoms with van der Waals surface area (Å²) in [4.78, 5) is 14.2. The SMILES string of the molecule is C[C@H](NCC(=O)O)c1cccnc1. The molecule has 70 valence electrons. The number of aromatic nitrogens is 1. The van der Waals surface area contributed by atoms with Gasteiger partial charge in [-0.2, -0.15) is 0 Å². The quantitative estimate of drug-likeness (QED) is 0.720. The minimum atomic E-state index is -0.851. The van der Waals surface area contributed by atoms with Crippen molar-refractivity contribution in [3.8, 4) is 0 Å². The molecule has 0 aliphatic heterocycles. The zero-order valence-electron chi connectivity index (χ0n) is 7.40. The first-order chi connectivity index (χ1) is 6.20. The number of rotatable bonds is 4. The number of hydrogen-bond donors (Lipinski definition) is 2. The standard InChI is InChI=1S/C9H12N2O2/c1-7(11-6-9(12)13)8-3-2-4-10-5-8/h2-5,7,11H,6H2,1H3,(H,12,13)/t7-/m0/s1. The van der Waals surface area contributed by atoms with Crippen LogP contribution in [0.2, 0.25) is 0 Å². The number of hydrogen-bond acceptors (Lipinski definition) is 3. The highest BCUT2D eigenvalue weighted by Crippen LogP contribution is 2.08. The molecule has 0 aliphatic carbocycles. The third kappa shape index (κ3) is 3.21. The van der Waals surface area contributed by atoms with Gasteiger partial charge in [0.15, 0.2) is 0 Å². The van der Waals surface area contributed by atoms with Crippen LogP contribution in [0.3, 0.4) is 0 Å². The topological polar surface area (TPSA) is 62.2 Å². The van der Waals surface area contributed by atoms with E-state index in [4.69, 9.17) is 5.11 Å². The van der Waals surface area contributed by atoms with Gasteiger partial charge in [0, 0.05) is 18.4 Å². The summed E-state index contributed by atoms with van der Waals surface area (Å²) in [5.74, 6) is -0.851. The maximum Gasteiger partial charge on any atom is 0.317 e. The number of carboxylic acid groups (broad SMARTS) is 1. The van der Waals surface area contributed by atoms with Crippen LogP contribution < -0.4 is 5.32 Å². The first-order valence-corrected chi connectivity index (χ1v) is 4.05. The molecule has 1 aromatic heterocycles. The highest BCUT2D eigenvalue weighted by Gasteiger charge is 2.05. The third-order valence-corrected chi connectivity index (χ3v) is 1.74. The van der Waals surface area contributed by atoms with Gasteiger partial charge in [0.1, 0.15) is 0 Å². The van der Waals surface area contributed by atoms with Gasteiger partial charge in [-0.3, -0.25) is 9.78 Å². The molecule has 4 nitrogen and oxygen atoms in total. The predicted octanol–water partition coefficient (Wildman–Crippen LogP) is 0.817. The zero-order chi connectivity index (χ0) is 9.68. The molecule has 1 heterocycles. The lowest BCUT2D eigenvalue weighted by molar-refractivity contribution is -0.136. The fourth-order valence-corrected chi connectivity index (χ4v) is 0.990. The second-order valence-electron chi connectivity index (χ2n) is 2.78. The molecule has 0 spiro atoms. The van der Waals surface area contributed by atoms with Gasteiger partial charge in [-0.1, -0.05) is 6.07 Å². The van der Waals surface area contributed by atoms with Crippen molar-refractivity contribution < 1.29 is 9.90 Å². The van der Waals surface area contributed by atoms with Crippen molar-refractivity contribution in [2.24, 2.45) is 0 Å². The summed E-state index contributed by atoms with van der Waals surface area (Å²) in [6, 6.07) is 3.76. The second kappa shape index (κ2) is 4.57. The summed E-state index contributed by atoms with van der Waals surface area (Å²) in [5, 5.41) is 11.3. The monoisotopic (exact) mass is 180 g/mol. The van der Waals surface area contributed by atoms with Crippen molar-refractivity contribution >= 4 is 5.97 Å². The summed E-state index contributed by atoms with van der Waals surface area (Å²) >= 11 is 0. The second-order valence-corrected chi connectivity index (χ2v) is 2.78. The summed E-state index contributed by atoms with van der Waals surface area (Å²) in [7, 11) is 0. The van der Waals surface area contributed by atoms with Crippen LogP contribution in [-0.4, -0.2) is 22.6 Å². The van der Waals surface area contributed by atoms with Gasteiger partial charge >= 0.3 is 5.97 Å². The van der Waals surface area contributed by atoms with Crippen LogP contribution in [0.5, 0.6) is 0 Å². The lowest BCUT2D eigenvalue weighted by Gasteiger charge is -2.11. The van der Waals surface area contributed by atoms with Gasteiger partial charge in [0.25, 0.3) is 0 Å². The van der Waals surface area contributed by atoms with Gasteiger partial charge < -0.3 is 10.4 Å². The summed E-state index contributed by atoms with van der Waals surface area (Å²) < 4.78 is 0. The van der Waals surface area contributed by atoms with Crippen LogP contribution >= 0.6 is 0 Å². The Morgan fingerprint density at radius 2 is 2.54 bits per heavy atom. The van der Waals surface area contributed by atoms with E-state index >= 15 is 0 Å². The molecule has 0 aliphatic rings. The summed E-state index contributed by atoms with van der Waals surface area (Å²) in [5.41, 5.74) is 0.990. The fourth-order valence-electron chi connectivity index (χ4n) is 0.990. The molecule has 0 amide bonds. The number of carboxylic acids is 1. The van der Waals surface area contributed by atoms with Gasteiger partial charge in [-0.25, -0.2) is 0 Å². The Labute approximate surface area is 76.6 Å². The molecule has 13 heavy (non-hydrogen) atoms. The Morgan fingerprint density at radius 1 is 1.77 bits per heavy atom. The Kier molecular flexibility index (Phi) is 3.40. The number of carbonyl (C=O) groups is 1. The summed E-state index contributed by atoms with van der Waals surface area (Å²) in [6.45, 7) is 1.87. The van der Waals surface area contributed by atoms with Crippen LogP contribution in [0.4, 0.5) is 0 Å². The van der Waals surface area contributed by atoms with Crippen molar-refractivity contribution in [2.45, 2.75) is 13.0 Å². The van der Waals surface area contributed by atoms with Gasteiger partial charge in [0.2, 0.25) is 0 Å². The number of nitrogens with one attached hydrogen (secondary N) is 1. The lowest BCUT2D eigenvalue weighted by Crippen LogP contribution is -2.25. The Hall–Kier alpha value is -1.42. The molecule has 4 heteroatoms. The van der Waals surface area contributed by atoms with Crippen molar-refractivity contribution in [1.82, 2.24) is 10.3 Å². The average Bonchev–Trinajstić information content (AvgIpc) is 2.15. The first-order valence-electron chi connectivity index (χ1n) is 4.05. The fraction of sp³-hybridized carbons (Fsp3) is 0.333. The molecule has 0 fully saturated rings. The Morgan fingerprint density at radius 3 is 3.08 bits per heavy atom. The summed E-state index contributed by atoms with van der Waals surface area (Å²) in [6.07, 6.45) is 3.41. The van der Waals surface area contributed by atoms with Crippen LogP contribution in [0.15, 0.2) is 24.5 Å². The third-order valence-electron chi connectivity index (χ3n) is 1.74. The molecule has 0 unspecified atom stereocenters. The van der Waals surface area contributed by atoms with Crippen molar-refractivity contribution in [2.75, 3.05) is 6.54 Å². The van der Waals surface area contributed by atoms with E-state index in [1.54, 1.807) is 12.4 Å². The highest BCUT2D eigenvalue weighted by molar-refractivity contribution is 5.69. The zero-order valence-corrected chi connectivity index (χ0v) is 7.40. The number of aliphatic carboxylic acids is 1. The van der Waals surface area contributed by atoms with E-state index in [-0.39, 0.29) is 12.6 Å². The number of nitrogens with zero attached hydrogens (tertiary/aromatic N) is 1. The van der Waals surface area contributed by atoms with Crippen molar-refractivity contribution in [3.05, 3.63) is 30.1 Å². The largest absolute Gasteiger partial charge is 0.480 e. The Balaban J connectivity index is 2.49. The molecule has 0 aromatic carbocycles. The first kappa shape index (κ1) is 9.67. The molecule has 0 radical (unpaired) electrons. The molecular weight excluding hydrogens is 168 g/mol. The van der Waals surface area contributed by atoms with Gasteiger partial charge in [-0.05, 0) is 18.6 Å². The van der Waals surface area contributed by atoms with Crippen LogP contribution in [0.25, 0.3) is 0 Å². The smallest absolute Gasteiger partial charge is 0.317 e. The Bertz CT molecular complexity index is 274. The van der Waals surface area contributed by atoms with Gasteiger partial charge in [-0.15, -0.1) is 0 Å². The molecule has 1 aromatic rings. The number of pyridine rings is 1. The van der Waals surface area contributed by atoms with E-state index in [1.165, 1.54) is 0 Å². The van der Waals surface area contributed by atoms with E-state index in [0.29, 0.717) is 0 Å². The minimum Gasteiger partial charge on any atom is -0.480 e.